The van der Waals surface area contributed by atoms with E-state index >= 15 is 0 Å². The average Bonchev–Trinajstić information content (AvgIpc) is 2.87. The summed E-state index contributed by atoms with van der Waals surface area (Å²) < 4.78 is 0. The number of amides is 1. The van der Waals surface area contributed by atoms with Crippen molar-refractivity contribution in [2.24, 2.45) is 17.8 Å². The Balaban J connectivity index is 1.89. The predicted octanol–water partition coefficient (Wildman–Crippen LogP) is 0.791. The molecule has 1 aliphatic carbocycles. The summed E-state index contributed by atoms with van der Waals surface area (Å²) >= 11 is 0. The van der Waals surface area contributed by atoms with Crippen molar-refractivity contribution in [2.45, 2.75) is 26.2 Å². The largest absolute Gasteiger partial charge is 0.481 e. The van der Waals surface area contributed by atoms with Crippen LogP contribution in [0.25, 0.3) is 0 Å². The highest BCUT2D eigenvalue weighted by Gasteiger charge is 2.43. The fourth-order valence-electron chi connectivity index (χ4n) is 3.47. The number of hydrogen-bond donors (Lipinski definition) is 1. The minimum Gasteiger partial charge on any atom is -0.481 e. The number of piperazine rings is 1. The molecule has 21 heavy (non-hydrogen) atoms. The van der Waals surface area contributed by atoms with Crippen molar-refractivity contribution in [3.63, 3.8) is 0 Å². The number of nitriles is 1. The van der Waals surface area contributed by atoms with Crippen LogP contribution in [0.15, 0.2) is 0 Å². The molecule has 6 heteroatoms. The molecule has 0 aromatic rings. The predicted molar refractivity (Wildman–Crippen MR) is 76.3 cm³/mol. The molecule has 1 aliphatic heterocycles. The van der Waals surface area contributed by atoms with Gasteiger partial charge in [-0.3, -0.25) is 14.5 Å². The number of carbonyl (C=O) groups is 2. The first kappa shape index (κ1) is 15.8. The van der Waals surface area contributed by atoms with E-state index in [-0.39, 0.29) is 11.8 Å². The molecule has 2 aliphatic rings. The third-order valence-corrected chi connectivity index (χ3v) is 4.66. The summed E-state index contributed by atoms with van der Waals surface area (Å²) in [6, 6.07) is 2.13. The van der Waals surface area contributed by atoms with E-state index in [0.29, 0.717) is 38.3 Å². The lowest BCUT2D eigenvalue weighted by Crippen LogP contribution is -2.51. The molecule has 2 fully saturated rings. The van der Waals surface area contributed by atoms with Crippen molar-refractivity contribution < 1.29 is 14.7 Å². The van der Waals surface area contributed by atoms with Crippen LogP contribution in [0.5, 0.6) is 0 Å². The Morgan fingerprint density at radius 3 is 2.38 bits per heavy atom. The van der Waals surface area contributed by atoms with Crippen molar-refractivity contribution in [1.82, 2.24) is 9.80 Å². The summed E-state index contributed by atoms with van der Waals surface area (Å²) in [4.78, 5) is 27.9. The molecule has 1 N–H and O–H groups in total. The van der Waals surface area contributed by atoms with Gasteiger partial charge in [0.25, 0.3) is 0 Å². The third-order valence-electron chi connectivity index (χ3n) is 4.66. The first-order valence-corrected chi connectivity index (χ1v) is 7.63. The number of carboxylic acids is 1. The molecule has 0 aromatic carbocycles. The Morgan fingerprint density at radius 1 is 1.19 bits per heavy atom. The van der Waals surface area contributed by atoms with E-state index in [1.807, 2.05) is 11.8 Å². The lowest BCUT2D eigenvalue weighted by Gasteiger charge is -2.36. The van der Waals surface area contributed by atoms with E-state index in [0.717, 1.165) is 19.6 Å². The standard InChI is InChI=1S/C15H23N3O3/c1-11-9-12(13(10-11)15(20)21)14(19)18-7-5-17(6-8-18)4-2-3-16/h11-13H,2,4-10H2,1H3,(H,20,21). The smallest absolute Gasteiger partial charge is 0.307 e. The number of carbonyl (C=O) groups excluding carboxylic acids is 1. The lowest BCUT2D eigenvalue weighted by atomic mass is 9.94. The molecule has 3 unspecified atom stereocenters. The minimum absolute atomic E-state index is 0.00619. The molecule has 1 saturated heterocycles. The molecular formula is C15H23N3O3. The van der Waals surface area contributed by atoms with Crippen LogP contribution >= 0.6 is 0 Å². The highest BCUT2D eigenvalue weighted by molar-refractivity contribution is 5.85. The fraction of sp³-hybridized carbons (Fsp3) is 0.800. The molecule has 0 spiro atoms. The van der Waals surface area contributed by atoms with Gasteiger partial charge in [0, 0.05) is 39.1 Å². The summed E-state index contributed by atoms with van der Waals surface area (Å²) in [5.74, 6) is -1.42. The molecule has 1 amide bonds. The summed E-state index contributed by atoms with van der Waals surface area (Å²) in [6.07, 6.45) is 1.80. The quantitative estimate of drug-likeness (QED) is 0.828. The highest BCUT2D eigenvalue weighted by atomic mass is 16.4. The van der Waals surface area contributed by atoms with Gasteiger partial charge in [-0.1, -0.05) is 6.92 Å². The number of carboxylic acid groups (broad SMARTS) is 1. The van der Waals surface area contributed by atoms with Crippen LogP contribution in [0.4, 0.5) is 0 Å². The van der Waals surface area contributed by atoms with Crippen LogP contribution in [0, 0.1) is 29.1 Å². The monoisotopic (exact) mass is 293 g/mol. The number of hydrogen-bond acceptors (Lipinski definition) is 4. The zero-order valence-corrected chi connectivity index (χ0v) is 12.5. The van der Waals surface area contributed by atoms with Crippen LogP contribution in [0.3, 0.4) is 0 Å². The highest BCUT2D eigenvalue weighted by Crippen LogP contribution is 2.37. The summed E-state index contributed by atoms with van der Waals surface area (Å²) in [6.45, 7) is 5.59. The van der Waals surface area contributed by atoms with E-state index in [4.69, 9.17) is 5.26 Å². The van der Waals surface area contributed by atoms with Crippen LogP contribution in [-0.4, -0.2) is 59.5 Å². The van der Waals surface area contributed by atoms with E-state index in [1.165, 1.54) is 0 Å². The Morgan fingerprint density at radius 2 is 1.81 bits per heavy atom. The number of nitrogens with zero attached hydrogens (tertiary/aromatic N) is 3. The van der Waals surface area contributed by atoms with Gasteiger partial charge in [0.15, 0.2) is 0 Å². The number of aliphatic carboxylic acids is 1. The van der Waals surface area contributed by atoms with E-state index < -0.39 is 11.9 Å². The Labute approximate surface area is 125 Å². The van der Waals surface area contributed by atoms with Gasteiger partial charge >= 0.3 is 5.97 Å². The van der Waals surface area contributed by atoms with Crippen LogP contribution in [-0.2, 0) is 9.59 Å². The molecule has 6 nitrogen and oxygen atoms in total. The van der Waals surface area contributed by atoms with Crippen molar-refractivity contribution in [1.29, 1.82) is 5.26 Å². The maximum Gasteiger partial charge on any atom is 0.307 e. The third kappa shape index (κ3) is 3.73. The van der Waals surface area contributed by atoms with Crippen LogP contribution in [0.1, 0.15) is 26.2 Å². The first-order chi connectivity index (χ1) is 10.0. The summed E-state index contributed by atoms with van der Waals surface area (Å²) in [5.41, 5.74) is 0. The Kier molecular flexibility index (Phi) is 5.18. The van der Waals surface area contributed by atoms with Gasteiger partial charge in [-0.05, 0) is 18.8 Å². The topological polar surface area (TPSA) is 84.6 Å². The molecule has 0 bridgehead atoms. The SMILES string of the molecule is CC1CC(C(=O)O)C(C(=O)N2CCN(CCC#N)CC2)C1. The molecular weight excluding hydrogens is 270 g/mol. The maximum atomic E-state index is 12.6. The van der Waals surface area contributed by atoms with Crippen molar-refractivity contribution in [3.05, 3.63) is 0 Å². The molecule has 2 rings (SSSR count). The fourth-order valence-corrected chi connectivity index (χ4v) is 3.47. The van der Waals surface area contributed by atoms with Crippen molar-refractivity contribution >= 4 is 11.9 Å². The first-order valence-electron chi connectivity index (χ1n) is 7.63. The van der Waals surface area contributed by atoms with Gasteiger partial charge in [-0.2, -0.15) is 5.26 Å². The average molecular weight is 293 g/mol. The second-order valence-electron chi connectivity index (χ2n) is 6.20. The second-order valence-corrected chi connectivity index (χ2v) is 6.20. The second kappa shape index (κ2) is 6.90. The van der Waals surface area contributed by atoms with Gasteiger partial charge in [-0.15, -0.1) is 0 Å². The van der Waals surface area contributed by atoms with E-state index in [9.17, 15) is 14.7 Å². The van der Waals surface area contributed by atoms with E-state index in [1.54, 1.807) is 0 Å². The Hall–Kier alpha value is -1.61. The van der Waals surface area contributed by atoms with Crippen LogP contribution in [0.2, 0.25) is 0 Å². The molecule has 116 valence electrons. The van der Waals surface area contributed by atoms with Gasteiger partial charge in [-0.25, -0.2) is 0 Å². The molecule has 3 atom stereocenters. The van der Waals surface area contributed by atoms with Crippen LogP contribution < -0.4 is 0 Å². The zero-order valence-electron chi connectivity index (χ0n) is 12.5. The number of rotatable bonds is 4. The molecule has 0 aromatic heterocycles. The normalized spacial score (nSPS) is 30.1. The minimum atomic E-state index is -0.842. The van der Waals surface area contributed by atoms with E-state index in [2.05, 4.69) is 11.0 Å². The maximum absolute atomic E-state index is 12.6. The van der Waals surface area contributed by atoms with Gasteiger partial charge in [0.1, 0.15) is 0 Å². The van der Waals surface area contributed by atoms with Gasteiger partial charge in [0.2, 0.25) is 5.91 Å². The zero-order chi connectivity index (χ0) is 15.4. The van der Waals surface area contributed by atoms with Crippen molar-refractivity contribution in [2.75, 3.05) is 32.7 Å². The lowest BCUT2D eigenvalue weighted by molar-refractivity contribution is -0.149. The Bertz CT molecular complexity index is 438. The molecule has 1 heterocycles. The molecule has 1 saturated carbocycles. The summed E-state index contributed by atoms with van der Waals surface area (Å²) in [5, 5.41) is 17.9. The van der Waals surface area contributed by atoms with Gasteiger partial charge < -0.3 is 10.0 Å². The molecule has 0 radical (unpaired) electrons. The van der Waals surface area contributed by atoms with Crippen molar-refractivity contribution in [3.8, 4) is 6.07 Å². The summed E-state index contributed by atoms with van der Waals surface area (Å²) in [7, 11) is 0. The van der Waals surface area contributed by atoms with Gasteiger partial charge in [0.05, 0.1) is 17.9 Å².